The molecule has 2 aliphatic rings. The minimum absolute atomic E-state index is 0.226. The smallest absolute Gasteiger partial charge is 0.255 e. The van der Waals surface area contributed by atoms with Crippen LogP contribution in [-0.4, -0.2) is 61.0 Å². The number of nitrogens with zero attached hydrogens (tertiary/aromatic N) is 2. The zero-order valence-corrected chi connectivity index (χ0v) is 13.1. The molecule has 3 heterocycles. The van der Waals surface area contributed by atoms with Crippen LogP contribution in [0.25, 0.3) is 0 Å². The molecule has 3 rings (SSSR count). The first-order valence-corrected chi connectivity index (χ1v) is 8.33. The average molecular weight is 293 g/mol. The van der Waals surface area contributed by atoms with Crippen LogP contribution < -0.4 is 5.32 Å². The second-order valence-electron chi connectivity index (χ2n) is 5.81. The fourth-order valence-corrected chi connectivity index (χ4v) is 4.03. The molecule has 0 bridgehead atoms. The van der Waals surface area contributed by atoms with E-state index in [0.717, 1.165) is 56.8 Å². The lowest BCUT2D eigenvalue weighted by atomic mass is 10.1. The van der Waals surface area contributed by atoms with Crippen LogP contribution in [-0.2, 0) is 0 Å². The van der Waals surface area contributed by atoms with Gasteiger partial charge < -0.3 is 10.2 Å². The molecule has 4 nitrogen and oxygen atoms in total. The summed E-state index contributed by atoms with van der Waals surface area (Å²) in [6.07, 6.45) is 1.12. The molecule has 0 aliphatic carbocycles. The molecule has 2 fully saturated rings. The summed E-state index contributed by atoms with van der Waals surface area (Å²) in [5.74, 6) is 0.226. The number of nitrogens with one attached hydrogen (secondary N) is 1. The molecule has 2 aliphatic heterocycles. The minimum Gasteiger partial charge on any atom is -0.337 e. The Hall–Kier alpha value is -0.910. The van der Waals surface area contributed by atoms with Crippen molar-refractivity contribution in [1.29, 1.82) is 0 Å². The maximum Gasteiger partial charge on any atom is 0.255 e. The van der Waals surface area contributed by atoms with Gasteiger partial charge >= 0.3 is 0 Å². The Labute approximate surface area is 124 Å². The SMILES string of the molecule is Cc1scc(C(=O)N2CCC(N3CCNCC3)C2)c1C. The van der Waals surface area contributed by atoms with Crippen molar-refractivity contribution in [3.05, 3.63) is 21.4 Å². The fourth-order valence-electron chi connectivity index (χ4n) is 3.17. The molecule has 20 heavy (non-hydrogen) atoms. The highest BCUT2D eigenvalue weighted by Gasteiger charge is 2.32. The van der Waals surface area contributed by atoms with Crippen molar-refractivity contribution < 1.29 is 4.79 Å². The van der Waals surface area contributed by atoms with E-state index in [4.69, 9.17) is 0 Å². The third-order valence-electron chi connectivity index (χ3n) is 4.63. The molecule has 110 valence electrons. The molecule has 1 unspecified atom stereocenters. The van der Waals surface area contributed by atoms with Gasteiger partial charge in [-0.05, 0) is 25.8 Å². The largest absolute Gasteiger partial charge is 0.337 e. The average Bonchev–Trinajstić information content (AvgIpc) is 3.08. The van der Waals surface area contributed by atoms with Crippen molar-refractivity contribution in [1.82, 2.24) is 15.1 Å². The van der Waals surface area contributed by atoms with Gasteiger partial charge in [0.15, 0.2) is 0 Å². The molecule has 1 N–H and O–H groups in total. The lowest BCUT2D eigenvalue weighted by molar-refractivity contribution is 0.0773. The maximum absolute atomic E-state index is 12.6. The van der Waals surface area contributed by atoms with E-state index >= 15 is 0 Å². The number of piperazine rings is 1. The summed E-state index contributed by atoms with van der Waals surface area (Å²) in [6, 6.07) is 0.557. The summed E-state index contributed by atoms with van der Waals surface area (Å²) in [5, 5.41) is 5.41. The van der Waals surface area contributed by atoms with Gasteiger partial charge in [-0.3, -0.25) is 9.69 Å². The van der Waals surface area contributed by atoms with Crippen LogP contribution in [0.4, 0.5) is 0 Å². The maximum atomic E-state index is 12.6. The van der Waals surface area contributed by atoms with E-state index in [1.807, 2.05) is 10.3 Å². The van der Waals surface area contributed by atoms with Crippen LogP contribution in [0, 0.1) is 13.8 Å². The van der Waals surface area contributed by atoms with E-state index in [2.05, 4.69) is 24.1 Å². The second kappa shape index (κ2) is 5.84. The molecular formula is C15H23N3OS. The molecule has 0 spiro atoms. The second-order valence-corrected chi connectivity index (χ2v) is 6.89. The number of thiophene rings is 1. The molecule has 2 saturated heterocycles. The van der Waals surface area contributed by atoms with Crippen LogP contribution in [0.1, 0.15) is 27.2 Å². The van der Waals surface area contributed by atoms with Gasteiger partial charge in [-0.25, -0.2) is 0 Å². The normalized spacial score (nSPS) is 24.3. The van der Waals surface area contributed by atoms with Gasteiger partial charge in [0.1, 0.15) is 0 Å². The highest BCUT2D eigenvalue weighted by molar-refractivity contribution is 7.10. The van der Waals surface area contributed by atoms with Crippen LogP contribution in [0.5, 0.6) is 0 Å². The van der Waals surface area contributed by atoms with E-state index in [1.54, 1.807) is 11.3 Å². The highest BCUT2D eigenvalue weighted by Crippen LogP contribution is 2.24. The third-order valence-corrected chi connectivity index (χ3v) is 5.65. The van der Waals surface area contributed by atoms with Gasteiger partial charge in [-0.2, -0.15) is 0 Å². The molecule has 0 saturated carbocycles. The van der Waals surface area contributed by atoms with Crippen molar-refractivity contribution in [3.63, 3.8) is 0 Å². The number of likely N-dealkylation sites (tertiary alicyclic amines) is 1. The number of amides is 1. The predicted octanol–water partition coefficient (Wildman–Crippen LogP) is 1.48. The van der Waals surface area contributed by atoms with Crippen LogP contribution in [0.2, 0.25) is 0 Å². The van der Waals surface area contributed by atoms with E-state index in [-0.39, 0.29) is 5.91 Å². The van der Waals surface area contributed by atoms with Crippen molar-refractivity contribution in [2.24, 2.45) is 0 Å². The Morgan fingerprint density at radius 2 is 2.05 bits per heavy atom. The molecule has 0 radical (unpaired) electrons. The Morgan fingerprint density at radius 3 is 2.70 bits per heavy atom. The first kappa shape index (κ1) is 14.0. The monoisotopic (exact) mass is 293 g/mol. The Balaban J connectivity index is 1.64. The highest BCUT2D eigenvalue weighted by atomic mass is 32.1. The van der Waals surface area contributed by atoms with E-state index in [0.29, 0.717) is 6.04 Å². The molecule has 1 aromatic heterocycles. The number of aryl methyl sites for hydroxylation is 1. The van der Waals surface area contributed by atoms with Gasteiger partial charge in [0, 0.05) is 55.6 Å². The summed E-state index contributed by atoms with van der Waals surface area (Å²) in [6.45, 7) is 10.3. The molecule has 5 heteroatoms. The summed E-state index contributed by atoms with van der Waals surface area (Å²) in [5.41, 5.74) is 2.07. The van der Waals surface area contributed by atoms with Gasteiger partial charge in [-0.1, -0.05) is 0 Å². The Bertz CT molecular complexity index is 493. The topological polar surface area (TPSA) is 35.6 Å². The van der Waals surface area contributed by atoms with Crippen LogP contribution in [0.3, 0.4) is 0 Å². The quantitative estimate of drug-likeness (QED) is 0.897. The van der Waals surface area contributed by atoms with E-state index in [9.17, 15) is 4.79 Å². The third kappa shape index (κ3) is 2.62. The van der Waals surface area contributed by atoms with E-state index in [1.165, 1.54) is 4.88 Å². The molecule has 1 amide bonds. The van der Waals surface area contributed by atoms with Gasteiger partial charge in [0.2, 0.25) is 0 Å². The summed E-state index contributed by atoms with van der Waals surface area (Å²) < 4.78 is 0. The molecule has 1 aromatic rings. The van der Waals surface area contributed by atoms with Crippen LogP contribution >= 0.6 is 11.3 Å². The van der Waals surface area contributed by atoms with Gasteiger partial charge in [0.05, 0.1) is 5.56 Å². The van der Waals surface area contributed by atoms with Gasteiger partial charge in [-0.15, -0.1) is 11.3 Å². The van der Waals surface area contributed by atoms with Crippen molar-refractivity contribution >= 4 is 17.2 Å². The number of hydrogen-bond acceptors (Lipinski definition) is 4. The molecule has 0 aromatic carbocycles. The molecule has 1 atom stereocenters. The molecular weight excluding hydrogens is 270 g/mol. The van der Waals surface area contributed by atoms with Crippen molar-refractivity contribution in [2.45, 2.75) is 26.3 Å². The van der Waals surface area contributed by atoms with Crippen molar-refractivity contribution in [2.75, 3.05) is 39.3 Å². The standard InChI is InChI=1S/C15H23N3OS/c1-11-12(2)20-10-14(11)15(19)18-6-3-13(9-18)17-7-4-16-5-8-17/h10,13,16H,3-9H2,1-2H3. The predicted molar refractivity (Wildman–Crippen MR) is 82.5 cm³/mol. The summed E-state index contributed by atoms with van der Waals surface area (Å²) in [7, 11) is 0. The minimum atomic E-state index is 0.226. The lowest BCUT2D eigenvalue weighted by Gasteiger charge is -2.32. The number of hydrogen-bond donors (Lipinski definition) is 1. The Morgan fingerprint density at radius 1 is 1.30 bits per heavy atom. The first-order valence-electron chi connectivity index (χ1n) is 7.45. The van der Waals surface area contributed by atoms with Crippen LogP contribution in [0.15, 0.2) is 5.38 Å². The number of carbonyl (C=O) groups is 1. The fraction of sp³-hybridized carbons (Fsp3) is 0.667. The van der Waals surface area contributed by atoms with E-state index < -0.39 is 0 Å². The van der Waals surface area contributed by atoms with Gasteiger partial charge in [0.25, 0.3) is 5.91 Å². The van der Waals surface area contributed by atoms with Crippen molar-refractivity contribution in [3.8, 4) is 0 Å². The number of rotatable bonds is 2. The lowest BCUT2D eigenvalue weighted by Crippen LogP contribution is -2.49. The first-order chi connectivity index (χ1) is 9.66. The Kier molecular flexibility index (Phi) is 4.10. The zero-order valence-electron chi connectivity index (χ0n) is 12.3. The summed E-state index contributed by atoms with van der Waals surface area (Å²) in [4.78, 5) is 18.4. The summed E-state index contributed by atoms with van der Waals surface area (Å²) >= 11 is 1.68. The number of carbonyl (C=O) groups excluding carboxylic acids is 1. The zero-order chi connectivity index (χ0) is 14.1.